The Morgan fingerprint density at radius 3 is 2.43 bits per heavy atom. The molecule has 0 bridgehead atoms. The van der Waals surface area contributed by atoms with Crippen LogP contribution < -0.4 is 5.32 Å². The highest BCUT2D eigenvalue weighted by atomic mass is 16.7. The van der Waals surface area contributed by atoms with Gasteiger partial charge in [-0.2, -0.15) is 0 Å². The minimum atomic E-state index is -0.968. The van der Waals surface area contributed by atoms with Crippen LogP contribution in [0.25, 0.3) is 10.4 Å². The predicted octanol–water partition coefficient (Wildman–Crippen LogP) is 3.45. The third-order valence-corrected chi connectivity index (χ3v) is 4.05. The molecule has 1 aromatic carbocycles. The number of carbonyl (C=O) groups excluding carboxylic acids is 3. The molecule has 2 aromatic rings. The zero-order valence-corrected chi connectivity index (χ0v) is 16.2. The number of benzene rings is 1. The Morgan fingerprint density at radius 1 is 1.20 bits per heavy atom. The van der Waals surface area contributed by atoms with Crippen molar-refractivity contribution < 1.29 is 24.0 Å². The normalized spacial score (nSPS) is 12.9. The standard InChI is InChI=1S/C19H18N6O5/c1-19(2,11-22-24-20)30-18(28)23-12-7-8-13(21-9-12)10-29-25-16(26)14-5-3-4-6-15(14)17(25)27/h3-9H,10-11H2,1-2H3,(H,23,28). The Morgan fingerprint density at radius 2 is 1.87 bits per heavy atom. The number of imide groups is 1. The molecule has 1 N–H and O–H groups in total. The van der Waals surface area contributed by atoms with Crippen LogP contribution in [0.1, 0.15) is 40.3 Å². The third kappa shape index (κ3) is 4.72. The number of amides is 3. The third-order valence-electron chi connectivity index (χ3n) is 4.05. The molecule has 3 rings (SSSR count). The smallest absolute Gasteiger partial charge is 0.412 e. The van der Waals surface area contributed by atoms with Gasteiger partial charge in [0, 0.05) is 4.91 Å². The number of azide groups is 1. The number of carbonyl (C=O) groups is 3. The number of hydroxylamine groups is 2. The lowest BCUT2D eigenvalue weighted by atomic mass is 10.1. The van der Waals surface area contributed by atoms with Crippen LogP contribution in [0.5, 0.6) is 0 Å². The van der Waals surface area contributed by atoms with Crippen LogP contribution in [0.15, 0.2) is 47.7 Å². The Bertz CT molecular complexity index is 995. The van der Waals surface area contributed by atoms with Gasteiger partial charge in [0.15, 0.2) is 0 Å². The van der Waals surface area contributed by atoms with Crippen LogP contribution in [0.2, 0.25) is 0 Å². The number of ether oxygens (including phenoxy) is 1. The average molecular weight is 410 g/mol. The van der Waals surface area contributed by atoms with Crippen molar-refractivity contribution in [1.82, 2.24) is 10.0 Å². The van der Waals surface area contributed by atoms with Gasteiger partial charge in [0.05, 0.1) is 35.2 Å². The number of hydrogen-bond donors (Lipinski definition) is 1. The fourth-order valence-corrected chi connectivity index (χ4v) is 2.63. The van der Waals surface area contributed by atoms with E-state index in [0.717, 1.165) is 0 Å². The van der Waals surface area contributed by atoms with Gasteiger partial charge >= 0.3 is 6.09 Å². The molecule has 1 aliphatic rings. The molecule has 154 valence electrons. The number of rotatable bonds is 7. The van der Waals surface area contributed by atoms with E-state index in [9.17, 15) is 14.4 Å². The largest absolute Gasteiger partial charge is 0.443 e. The van der Waals surface area contributed by atoms with Gasteiger partial charge in [0.1, 0.15) is 12.2 Å². The summed E-state index contributed by atoms with van der Waals surface area (Å²) in [5.74, 6) is -1.06. The van der Waals surface area contributed by atoms with Crippen molar-refractivity contribution in [1.29, 1.82) is 0 Å². The minimum absolute atomic E-state index is 0.0107. The molecule has 11 nitrogen and oxygen atoms in total. The summed E-state index contributed by atoms with van der Waals surface area (Å²) in [5, 5.41) is 6.61. The number of nitrogens with zero attached hydrogens (tertiary/aromatic N) is 5. The zero-order chi connectivity index (χ0) is 21.7. The fourth-order valence-electron chi connectivity index (χ4n) is 2.63. The van der Waals surface area contributed by atoms with Crippen LogP contribution in [-0.4, -0.2) is 40.1 Å². The molecule has 0 fully saturated rings. The zero-order valence-electron chi connectivity index (χ0n) is 16.2. The van der Waals surface area contributed by atoms with E-state index in [1.54, 1.807) is 50.2 Å². The van der Waals surface area contributed by atoms with Gasteiger partial charge < -0.3 is 4.74 Å². The number of fused-ring (bicyclic) bond motifs is 1. The van der Waals surface area contributed by atoms with Crippen LogP contribution in [-0.2, 0) is 16.2 Å². The first-order chi connectivity index (χ1) is 14.3. The van der Waals surface area contributed by atoms with Crippen LogP contribution >= 0.6 is 0 Å². The maximum absolute atomic E-state index is 12.3. The van der Waals surface area contributed by atoms with Crippen molar-refractivity contribution in [3.63, 3.8) is 0 Å². The molecule has 0 radical (unpaired) electrons. The van der Waals surface area contributed by atoms with Gasteiger partial charge in [-0.25, -0.2) is 4.79 Å². The van der Waals surface area contributed by atoms with E-state index in [2.05, 4.69) is 20.3 Å². The molecule has 0 aliphatic carbocycles. The topological polar surface area (TPSA) is 147 Å². The summed E-state index contributed by atoms with van der Waals surface area (Å²) in [6, 6.07) is 9.59. The summed E-state index contributed by atoms with van der Waals surface area (Å²) in [6.07, 6.45) is 0.646. The van der Waals surface area contributed by atoms with Gasteiger partial charge in [0.2, 0.25) is 0 Å². The Balaban J connectivity index is 1.54. The summed E-state index contributed by atoms with van der Waals surface area (Å²) in [7, 11) is 0. The Labute approximate surface area is 171 Å². The van der Waals surface area contributed by atoms with Crippen LogP contribution in [0, 0.1) is 0 Å². The number of aromatic nitrogens is 1. The number of hydrogen-bond acceptors (Lipinski definition) is 7. The number of nitrogens with one attached hydrogen (secondary N) is 1. The number of anilines is 1. The van der Waals surface area contributed by atoms with Crippen molar-refractivity contribution in [2.45, 2.75) is 26.1 Å². The molecule has 1 aromatic heterocycles. The fraction of sp³-hybridized carbons (Fsp3) is 0.263. The minimum Gasteiger partial charge on any atom is -0.443 e. The van der Waals surface area contributed by atoms with E-state index in [4.69, 9.17) is 15.1 Å². The molecule has 11 heteroatoms. The van der Waals surface area contributed by atoms with Gasteiger partial charge in [0.25, 0.3) is 11.8 Å². The van der Waals surface area contributed by atoms with Crippen molar-refractivity contribution in [3.8, 4) is 0 Å². The van der Waals surface area contributed by atoms with E-state index in [1.807, 2.05) is 0 Å². The van der Waals surface area contributed by atoms with E-state index < -0.39 is 23.5 Å². The van der Waals surface area contributed by atoms with Crippen molar-refractivity contribution in [2.24, 2.45) is 5.11 Å². The Hall–Kier alpha value is -3.95. The van der Waals surface area contributed by atoms with Gasteiger partial charge in [-0.3, -0.25) is 24.7 Å². The highest BCUT2D eigenvalue weighted by molar-refractivity contribution is 6.20. The van der Waals surface area contributed by atoms with Crippen molar-refractivity contribution in [3.05, 3.63) is 69.9 Å². The molecule has 1 aliphatic heterocycles. The highest BCUT2D eigenvalue weighted by Gasteiger charge is 2.36. The first-order valence-corrected chi connectivity index (χ1v) is 8.87. The summed E-state index contributed by atoms with van der Waals surface area (Å²) < 4.78 is 5.19. The molecule has 2 heterocycles. The summed E-state index contributed by atoms with van der Waals surface area (Å²) in [5.41, 5.74) is 8.77. The molecule has 0 saturated carbocycles. The molecule has 3 amide bonds. The second-order valence-corrected chi connectivity index (χ2v) is 6.93. The van der Waals surface area contributed by atoms with Crippen molar-refractivity contribution in [2.75, 3.05) is 11.9 Å². The molecular formula is C19H18N6O5. The predicted molar refractivity (Wildman–Crippen MR) is 104 cm³/mol. The summed E-state index contributed by atoms with van der Waals surface area (Å²) in [4.78, 5) is 48.6. The highest BCUT2D eigenvalue weighted by Crippen LogP contribution is 2.23. The lowest BCUT2D eigenvalue weighted by Crippen LogP contribution is -2.33. The van der Waals surface area contributed by atoms with E-state index in [0.29, 0.717) is 16.4 Å². The molecule has 0 atom stereocenters. The molecular weight excluding hydrogens is 392 g/mol. The summed E-state index contributed by atoms with van der Waals surface area (Å²) >= 11 is 0. The summed E-state index contributed by atoms with van der Waals surface area (Å²) in [6.45, 7) is 3.09. The van der Waals surface area contributed by atoms with E-state index >= 15 is 0 Å². The lowest BCUT2D eigenvalue weighted by Gasteiger charge is -2.22. The number of pyridine rings is 1. The first-order valence-electron chi connectivity index (χ1n) is 8.87. The van der Waals surface area contributed by atoms with Crippen molar-refractivity contribution >= 4 is 23.6 Å². The second kappa shape index (κ2) is 8.60. The maximum Gasteiger partial charge on any atom is 0.412 e. The molecule has 0 spiro atoms. The van der Waals surface area contributed by atoms with E-state index in [-0.39, 0.29) is 24.3 Å². The van der Waals surface area contributed by atoms with E-state index in [1.165, 1.54) is 6.20 Å². The molecule has 0 unspecified atom stereocenters. The average Bonchev–Trinajstić information content (AvgIpc) is 2.96. The van der Waals surface area contributed by atoms with Gasteiger partial charge in [-0.1, -0.05) is 17.2 Å². The van der Waals surface area contributed by atoms with Crippen LogP contribution in [0.3, 0.4) is 0 Å². The quantitative estimate of drug-likeness (QED) is 0.320. The Kier molecular flexibility index (Phi) is 5.95. The molecule has 0 saturated heterocycles. The molecule has 30 heavy (non-hydrogen) atoms. The van der Waals surface area contributed by atoms with Gasteiger partial charge in [-0.15, -0.1) is 5.06 Å². The first kappa shape index (κ1) is 20.8. The second-order valence-electron chi connectivity index (χ2n) is 6.93. The SMILES string of the molecule is CC(C)(CN=[N+]=[N-])OC(=O)Nc1ccc(CON2C(=O)c3ccccc3C2=O)nc1. The van der Waals surface area contributed by atoms with Crippen LogP contribution in [0.4, 0.5) is 10.5 Å². The monoisotopic (exact) mass is 410 g/mol. The maximum atomic E-state index is 12.3. The lowest BCUT2D eigenvalue weighted by molar-refractivity contribution is -0.102. The van der Waals surface area contributed by atoms with Gasteiger partial charge in [-0.05, 0) is 43.6 Å².